The van der Waals surface area contributed by atoms with Crippen LogP contribution in [0.4, 0.5) is 0 Å². The van der Waals surface area contributed by atoms with Gasteiger partial charge in [0.2, 0.25) is 5.91 Å². The number of furan rings is 1. The lowest BCUT2D eigenvalue weighted by molar-refractivity contribution is -0.120. The summed E-state index contributed by atoms with van der Waals surface area (Å²) in [6, 6.07) is 1.77. The lowest BCUT2D eigenvalue weighted by Gasteiger charge is -2.09. The maximum absolute atomic E-state index is 12.0. The second kappa shape index (κ2) is 8.73. The summed E-state index contributed by atoms with van der Waals surface area (Å²) in [7, 11) is 0. The Morgan fingerprint density at radius 3 is 3.00 bits per heavy atom. The minimum absolute atomic E-state index is 0.0641. The van der Waals surface area contributed by atoms with Gasteiger partial charge in [-0.15, -0.1) is 10.2 Å². The molecule has 2 heterocycles. The van der Waals surface area contributed by atoms with Gasteiger partial charge in [-0.1, -0.05) is 11.8 Å². The molecule has 8 heteroatoms. The number of nitrogens with one attached hydrogen (secondary N) is 1. The third-order valence-electron chi connectivity index (χ3n) is 3.11. The highest BCUT2D eigenvalue weighted by Gasteiger charge is 2.19. The van der Waals surface area contributed by atoms with E-state index in [4.69, 9.17) is 13.6 Å². The molecular formula is C15H21N3O4S. The Balaban J connectivity index is 1.81. The van der Waals surface area contributed by atoms with Crippen molar-refractivity contribution < 1.29 is 18.4 Å². The molecule has 0 spiro atoms. The summed E-state index contributed by atoms with van der Waals surface area (Å²) in [5, 5.41) is 10.8. The molecule has 7 nitrogen and oxygen atoms in total. The standard InChI is InChI=1S/C15H21N3O4S/c1-4-20-8-5-7-16-13(19)11(3)23-15-18-17-14(22-15)12-6-9-21-10(12)2/h6,9,11H,4-5,7-8H2,1-3H3,(H,16,19). The first-order valence-electron chi connectivity index (χ1n) is 7.52. The van der Waals surface area contributed by atoms with Gasteiger partial charge in [-0.05, 0) is 33.3 Å². The van der Waals surface area contributed by atoms with Gasteiger partial charge in [0.1, 0.15) is 5.76 Å². The summed E-state index contributed by atoms with van der Waals surface area (Å²) in [6.45, 7) is 7.50. The fraction of sp³-hybridized carbons (Fsp3) is 0.533. The van der Waals surface area contributed by atoms with Gasteiger partial charge >= 0.3 is 0 Å². The summed E-state index contributed by atoms with van der Waals surface area (Å²) in [6.07, 6.45) is 2.36. The number of nitrogens with zero attached hydrogens (tertiary/aromatic N) is 2. The molecule has 0 aliphatic heterocycles. The smallest absolute Gasteiger partial charge is 0.277 e. The van der Waals surface area contributed by atoms with Gasteiger partial charge in [0.05, 0.1) is 17.1 Å². The maximum Gasteiger partial charge on any atom is 0.277 e. The Morgan fingerprint density at radius 1 is 1.48 bits per heavy atom. The van der Waals surface area contributed by atoms with Gasteiger partial charge in [0.25, 0.3) is 11.1 Å². The number of amides is 1. The van der Waals surface area contributed by atoms with E-state index in [0.29, 0.717) is 36.6 Å². The maximum atomic E-state index is 12.0. The van der Waals surface area contributed by atoms with E-state index in [1.54, 1.807) is 19.3 Å². The third kappa shape index (κ3) is 5.11. The van der Waals surface area contributed by atoms with Gasteiger partial charge in [-0.25, -0.2) is 0 Å². The molecule has 2 aromatic heterocycles. The van der Waals surface area contributed by atoms with Crippen molar-refractivity contribution in [1.82, 2.24) is 15.5 Å². The normalized spacial score (nSPS) is 12.3. The zero-order chi connectivity index (χ0) is 16.7. The van der Waals surface area contributed by atoms with Gasteiger partial charge in [-0.3, -0.25) is 4.79 Å². The van der Waals surface area contributed by atoms with Gasteiger partial charge in [0.15, 0.2) is 0 Å². The minimum atomic E-state index is -0.319. The van der Waals surface area contributed by atoms with Crippen LogP contribution in [-0.4, -0.2) is 41.1 Å². The number of thioether (sulfide) groups is 1. The molecule has 0 bridgehead atoms. The molecule has 0 aliphatic rings. The first kappa shape index (κ1) is 17.6. The van der Waals surface area contributed by atoms with Crippen molar-refractivity contribution >= 4 is 17.7 Å². The first-order valence-corrected chi connectivity index (χ1v) is 8.39. The predicted octanol–water partition coefficient (Wildman–Crippen LogP) is 2.66. The molecule has 2 rings (SSSR count). The predicted molar refractivity (Wildman–Crippen MR) is 86.2 cm³/mol. The summed E-state index contributed by atoms with van der Waals surface area (Å²) in [4.78, 5) is 12.0. The molecule has 0 aliphatic carbocycles. The van der Waals surface area contributed by atoms with Crippen LogP contribution in [0.3, 0.4) is 0 Å². The Bertz CT molecular complexity index is 626. The quantitative estimate of drug-likeness (QED) is 0.555. The number of hydrogen-bond donors (Lipinski definition) is 1. The second-order valence-electron chi connectivity index (χ2n) is 4.87. The lowest BCUT2D eigenvalue weighted by Crippen LogP contribution is -2.32. The van der Waals surface area contributed by atoms with Crippen LogP contribution in [0.2, 0.25) is 0 Å². The SMILES string of the molecule is CCOCCCNC(=O)C(C)Sc1nnc(-c2ccoc2C)o1. The average Bonchev–Trinajstić information content (AvgIpc) is 3.15. The summed E-state index contributed by atoms with van der Waals surface area (Å²) in [5.74, 6) is 1.04. The van der Waals surface area contributed by atoms with E-state index >= 15 is 0 Å². The van der Waals surface area contributed by atoms with Crippen molar-refractivity contribution in [3.8, 4) is 11.5 Å². The molecule has 0 saturated heterocycles. The van der Waals surface area contributed by atoms with E-state index in [0.717, 1.165) is 12.0 Å². The molecular weight excluding hydrogens is 318 g/mol. The molecule has 2 aromatic rings. The van der Waals surface area contributed by atoms with Crippen LogP contribution in [0.15, 0.2) is 26.4 Å². The molecule has 0 fully saturated rings. The molecule has 1 amide bonds. The molecule has 1 unspecified atom stereocenters. The number of aromatic nitrogens is 2. The van der Waals surface area contributed by atoms with Crippen LogP contribution in [0, 0.1) is 6.92 Å². The fourth-order valence-corrected chi connectivity index (χ4v) is 2.56. The molecule has 1 atom stereocenters. The number of rotatable bonds is 9. The highest BCUT2D eigenvalue weighted by molar-refractivity contribution is 8.00. The summed E-state index contributed by atoms with van der Waals surface area (Å²) >= 11 is 1.23. The zero-order valence-corrected chi connectivity index (χ0v) is 14.3. The zero-order valence-electron chi connectivity index (χ0n) is 13.5. The van der Waals surface area contributed by atoms with Crippen molar-refractivity contribution in [1.29, 1.82) is 0 Å². The number of hydrogen-bond acceptors (Lipinski definition) is 7. The first-order chi connectivity index (χ1) is 11.1. The Kier molecular flexibility index (Phi) is 6.66. The Labute approximate surface area is 139 Å². The van der Waals surface area contributed by atoms with Crippen LogP contribution in [0.25, 0.3) is 11.5 Å². The van der Waals surface area contributed by atoms with Crippen LogP contribution >= 0.6 is 11.8 Å². The molecule has 0 aromatic carbocycles. The van der Waals surface area contributed by atoms with E-state index in [1.165, 1.54) is 11.8 Å². The van der Waals surface area contributed by atoms with Crippen molar-refractivity contribution in [3.63, 3.8) is 0 Å². The highest BCUT2D eigenvalue weighted by Crippen LogP contribution is 2.28. The monoisotopic (exact) mass is 339 g/mol. The number of carbonyl (C=O) groups excluding carboxylic acids is 1. The third-order valence-corrected chi connectivity index (χ3v) is 4.05. The van der Waals surface area contributed by atoms with Crippen LogP contribution in [-0.2, 0) is 9.53 Å². The van der Waals surface area contributed by atoms with Crippen molar-refractivity contribution in [2.75, 3.05) is 19.8 Å². The van der Waals surface area contributed by atoms with E-state index in [9.17, 15) is 4.79 Å². The second-order valence-corrected chi connectivity index (χ2v) is 6.16. The molecule has 23 heavy (non-hydrogen) atoms. The average molecular weight is 339 g/mol. The molecule has 0 radical (unpaired) electrons. The summed E-state index contributed by atoms with van der Waals surface area (Å²) in [5.41, 5.74) is 0.761. The largest absolute Gasteiger partial charge is 0.469 e. The van der Waals surface area contributed by atoms with Gasteiger partial charge in [0, 0.05) is 19.8 Å². The molecule has 1 N–H and O–H groups in total. The topological polar surface area (TPSA) is 90.4 Å². The lowest BCUT2D eigenvalue weighted by atomic mass is 10.3. The molecule has 0 saturated carbocycles. The van der Waals surface area contributed by atoms with E-state index < -0.39 is 0 Å². The van der Waals surface area contributed by atoms with Crippen LogP contribution in [0.1, 0.15) is 26.0 Å². The minimum Gasteiger partial charge on any atom is -0.469 e. The number of ether oxygens (including phenoxy) is 1. The van der Waals surface area contributed by atoms with Gasteiger partial charge < -0.3 is 18.9 Å². The number of aryl methyl sites for hydroxylation is 1. The van der Waals surface area contributed by atoms with Crippen molar-refractivity contribution in [2.45, 2.75) is 37.7 Å². The molecule has 126 valence electrons. The number of carbonyl (C=O) groups is 1. The highest BCUT2D eigenvalue weighted by atomic mass is 32.2. The van der Waals surface area contributed by atoms with E-state index in [2.05, 4.69) is 15.5 Å². The van der Waals surface area contributed by atoms with E-state index in [1.807, 2.05) is 13.8 Å². The Hall–Kier alpha value is -1.80. The fourth-order valence-electron chi connectivity index (χ4n) is 1.85. The van der Waals surface area contributed by atoms with E-state index in [-0.39, 0.29) is 11.2 Å². The van der Waals surface area contributed by atoms with Gasteiger partial charge in [-0.2, -0.15) is 0 Å². The van der Waals surface area contributed by atoms with Crippen molar-refractivity contribution in [2.24, 2.45) is 0 Å². The van der Waals surface area contributed by atoms with Crippen molar-refractivity contribution in [3.05, 3.63) is 18.1 Å². The van der Waals surface area contributed by atoms with Crippen LogP contribution < -0.4 is 5.32 Å². The summed E-state index contributed by atoms with van der Waals surface area (Å²) < 4.78 is 16.0. The Morgan fingerprint density at radius 2 is 2.30 bits per heavy atom. The van der Waals surface area contributed by atoms with Crippen LogP contribution in [0.5, 0.6) is 0 Å².